The number of ether oxygens (including phenoxy) is 3. The van der Waals surface area contributed by atoms with Gasteiger partial charge in [0.05, 0.1) is 26.4 Å². The Morgan fingerprint density at radius 2 is 1.92 bits per heavy atom. The molecule has 1 aromatic heterocycles. The van der Waals surface area contributed by atoms with Gasteiger partial charge in [-0.3, -0.25) is 28.2 Å². The van der Waals surface area contributed by atoms with Gasteiger partial charge in [0, 0.05) is 12.3 Å². The number of hydrogen-bond acceptors (Lipinski definition) is 10. The number of halogens is 2. The molecule has 1 unspecified atom stereocenters. The zero-order valence-electron chi connectivity index (χ0n) is 21.5. The molecule has 16 heteroatoms. The van der Waals surface area contributed by atoms with Crippen LogP contribution in [0.15, 0.2) is 46.1 Å². The van der Waals surface area contributed by atoms with Crippen LogP contribution in [-0.4, -0.2) is 63.8 Å². The molecule has 1 fully saturated rings. The molecule has 6 atom stereocenters. The Kier molecular flexibility index (Phi) is 10.1. The fourth-order valence-corrected chi connectivity index (χ4v) is 5.27. The third-order valence-corrected chi connectivity index (χ3v) is 7.58. The van der Waals surface area contributed by atoms with Crippen molar-refractivity contribution in [3.8, 4) is 5.75 Å². The number of carbonyl (C=O) groups is 1. The second kappa shape index (κ2) is 12.7. The maximum atomic E-state index is 15.3. The molecule has 1 aromatic carbocycles. The number of esters is 1. The third-order valence-electron chi connectivity index (χ3n) is 5.51. The van der Waals surface area contributed by atoms with E-state index in [0.29, 0.717) is 15.9 Å². The lowest BCUT2D eigenvalue weighted by Crippen LogP contribution is -2.42. The summed E-state index contributed by atoms with van der Waals surface area (Å²) >= 11 is 5.88. The zero-order chi connectivity index (χ0) is 29.0. The second-order valence-corrected chi connectivity index (χ2v) is 11.3. The van der Waals surface area contributed by atoms with Crippen molar-refractivity contribution in [2.75, 3.05) is 13.7 Å². The molecule has 2 aromatic rings. The third kappa shape index (κ3) is 7.76. The van der Waals surface area contributed by atoms with Crippen LogP contribution in [0, 0.1) is 0 Å². The molecular weight excluding hydrogens is 564 g/mol. The highest BCUT2D eigenvalue weighted by Crippen LogP contribution is 2.49. The van der Waals surface area contributed by atoms with Crippen molar-refractivity contribution in [1.82, 2.24) is 14.6 Å². The largest absolute Gasteiger partial charge is 0.497 e. The molecule has 0 bridgehead atoms. The number of hydrogen-bond donors (Lipinski definition) is 3. The fraction of sp³-hybridized carbons (Fsp3) is 0.522. The van der Waals surface area contributed by atoms with Crippen molar-refractivity contribution in [2.45, 2.75) is 63.1 Å². The molecule has 1 aliphatic rings. The molecule has 39 heavy (non-hydrogen) atoms. The van der Waals surface area contributed by atoms with E-state index in [1.165, 1.54) is 14.0 Å². The topological polar surface area (TPSA) is 167 Å². The lowest BCUT2D eigenvalue weighted by atomic mass is 10.1. The standard InChI is InChI=1S/C23H30ClFN3O10P/c1-13(2)37-20(31)14(3)27-39(33,35-11-15-5-7-16(34-4)8-6-15)36-12-17-19(30)23(24,25)21(38-17)28-10-9-18(29)26-22(28)32/h5-10,13-14,17,19,21,30H,11-12H2,1-4H3,(H,27,33)(H,26,29,32)/t14-,17+,19+,21+,23+,39?/m0/s1. The van der Waals surface area contributed by atoms with Gasteiger partial charge in [0.1, 0.15) is 24.0 Å². The van der Waals surface area contributed by atoms with Crippen LogP contribution < -0.4 is 21.1 Å². The summed E-state index contributed by atoms with van der Waals surface area (Å²) in [7, 11) is -2.84. The van der Waals surface area contributed by atoms with Crippen molar-refractivity contribution in [3.05, 3.63) is 62.9 Å². The Labute approximate surface area is 227 Å². The van der Waals surface area contributed by atoms with Gasteiger partial charge in [-0.15, -0.1) is 0 Å². The Bertz CT molecular complexity index is 1300. The number of methoxy groups -OCH3 is 1. The molecule has 0 radical (unpaired) electrons. The van der Waals surface area contributed by atoms with Gasteiger partial charge < -0.3 is 19.3 Å². The number of aliphatic hydroxyl groups excluding tert-OH is 1. The quantitative estimate of drug-likeness (QED) is 0.187. The molecule has 0 amide bonds. The monoisotopic (exact) mass is 593 g/mol. The van der Waals surface area contributed by atoms with Gasteiger partial charge in [0.2, 0.25) is 0 Å². The smallest absolute Gasteiger partial charge is 0.406 e. The Balaban J connectivity index is 1.77. The van der Waals surface area contributed by atoms with Gasteiger partial charge in [-0.2, -0.15) is 0 Å². The molecule has 0 saturated carbocycles. The summed E-state index contributed by atoms with van der Waals surface area (Å²) in [5, 5.41) is 9.92. The van der Waals surface area contributed by atoms with Crippen LogP contribution in [-0.2, 0) is 34.5 Å². The van der Waals surface area contributed by atoms with Crippen LogP contribution >= 0.6 is 19.3 Å². The molecule has 0 spiro atoms. The van der Waals surface area contributed by atoms with E-state index in [0.717, 1.165) is 12.3 Å². The predicted octanol–water partition coefficient (Wildman–Crippen LogP) is 1.98. The molecule has 13 nitrogen and oxygen atoms in total. The minimum Gasteiger partial charge on any atom is -0.497 e. The fourth-order valence-electron chi connectivity index (χ4n) is 3.51. The van der Waals surface area contributed by atoms with E-state index in [1.807, 2.05) is 4.98 Å². The minimum absolute atomic E-state index is 0.230. The number of aliphatic hydroxyl groups is 1. The summed E-state index contributed by atoms with van der Waals surface area (Å²) in [5.74, 6) is -0.152. The van der Waals surface area contributed by atoms with Gasteiger partial charge in [-0.25, -0.2) is 18.8 Å². The molecular formula is C23H30ClFN3O10P. The first-order chi connectivity index (χ1) is 18.3. The first-order valence-corrected chi connectivity index (χ1v) is 13.7. The molecule has 1 saturated heterocycles. The predicted molar refractivity (Wildman–Crippen MR) is 136 cm³/mol. The number of nitrogens with zero attached hydrogens (tertiary/aromatic N) is 1. The number of aromatic nitrogens is 2. The van der Waals surface area contributed by atoms with Crippen LogP contribution in [0.25, 0.3) is 0 Å². The van der Waals surface area contributed by atoms with Crippen molar-refractivity contribution in [2.24, 2.45) is 0 Å². The van der Waals surface area contributed by atoms with Crippen molar-refractivity contribution in [1.29, 1.82) is 0 Å². The Morgan fingerprint density at radius 3 is 2.51 bits per heavy atom. The van der Waals surface area contributed by atoms with E-state index in [4.69, 9.17) is 34.9 Å². The summed E-state index contributed by atoms with van der Waals surface area (Å²) in [6.07, 6.45) is -4.95. The second-order valence-electron chi connectivity index (χ2n) is 8.91. The highest BCUT2D eigenvalue weighted by atomic mass is 35.5. The van der Waals surface area contributed by atoms with Crippen molar-refractivity contribution < 1.29 is 42.1 Å². The molecule has 2 heterocycles. The highest BCUT2D eigenvalue weighted by Gasteiger charge is 2.58. The van der Waals surface area contributed by atoms with Gasteiger partial charge in [-0.1, -0.05) is 23.7 Å². The van der Waals surface area contributed by atoms with Crippen molar-refractivity contribution in [3.63, 3.8) is 0 Å². The van der Waals surface area contributed by atoms with E-state index in [-0.39, 0.29) is 6.61 Å². The number of rotatable bonds is 12. The SMILES string of the molecule is COc1ccc(COP(=O)(N[C@@H](C)C(=O)OC(C)C)OC[C@H]2O[C@@H](n3ccc(=O)[nH]c3=O)[C@@](F)(Cl)[C@@H]2O)cc1. The number of carbonyl (C=O) groups excluding carboxylic acids is 1. The summed E-state index contributed by atoms with van der Waals surface area (Å²) in [5.41, 5.74) is -1.19. The molecule has 3 N–H and O–H groups in total. The van der Waals surface area contributed by atoms with Gasteiger partial charge in [0.15, 0.2) is 6.23 Å². The number of nitrogens with one attached hydrogen (secondary N) is 2. The molecule has 216 valence electrons. The lowest BCUT2D eigenvalue weighted by molar-refractivity contribution is -0.149. The van der Waals surface area contributed by atoms with E-state index >= 15 is 4.39 Å². The number of aromatic amines is 1. The highest BCUT2D eigenvalue weighted by molar-refractivity contribution is 7.51. The average molecular weight is 594 g/mol. The van der Waals surface area contributed by atoms with E-state index in [1.54, 1.807) is 38.1 Å². The maximum absolute atomic E-state index is 15.3. The normalized spacial score (nSPS) is 25.3. The van der Waals surface area contributed by atoms with Crippen LogP contribution in [0.3, 0.4) is 0 Å². The van der Waals surface area contributed by atoms with Crippen LogP contribution in [0.1, 0.15) is 32.6 Å². The maximum Gasteiger partial charge on any atom is 0.406 e. The Hall–Kier alpha value is -2.58. The van der Waals surface area contributed by atoms with Gasteiger partial charge >= 0.3 is 19.4 Å². The number of H-pyrrole nitrogens is 1. The van der Waals surface area contributed by atoms with Crippen molar-refractivity contribution >= 4 is 25.3 Å². The first kappa shape index (κ1) is 31.0. The van der Waals surface area contributed by atoms with Crippen LogP contribution in [0.4, 0.5) is 4.39 Å². The zero-order valence-corrected chi connectivity index (χ0v) is 23.2. The van der Waals surface area contributed by atoms with Gasteiger partial charge in [0.25, 0.3) is 10.7 Å². The molecule has 3 rings (SSSR count). The summed E-state index contributed by atoms with van der Waals surface area (Å²) < 4.78 is 56.2. The van der Waals surface area contributed by atoms with E-state index in [2.05, 4.69) is 5.09 Å². The number of benzene rings is 1. The minimum atomic E-state index is -4.34. The van der Waals surface area contributed by atoms with Crippen LogP contribution in [0.2, 0.25) is 0 Å². The summed E-state index contributed by atoms with van der Waals surface area (Å²) in [6.45, 7) is 3.69. The number of alkyl halides is 2. The summed E-state index contributed by atoms with van der Waals surface area (Å²) in [4.78, 5) is 37.7. The lowest BCUT2D eigenvalue weighted by Gasteiger charge is -2.25. The first-order valence-electron chi connectivity index (χ1n) is 11.8. The Morgan fingerprint density at radius 1 is 1.26 bits per heavy atom. The average Bonchev–Trinajstić information content (AvgIpc) is 3.09. The van der Waals surface area contributed by atoms with E-state index in [9.17, 15) is 24.1 Å². The van der Waals surface area contributed by atoms with Crippen LogP contribution in [0.5, 0.6) is 5.75 Å². The van der Waals surface area contributed by atoms with E-state index < -0.39 is 67.3 Å². The molecule has 1 aliphatic heterocycles. The molecule has 0 aliphatic carbocycles. The van der Waals surface area contributed by atoms with Gasteiger partial charge in [-0.05, 0) is 38.5 Å². The summed E-state index contributed by atoms with van der Waals surface area (Å²) in [6, 6.07) is 6.41.